The Morgan fingerprint density at radius 3 is 2.45 bits per heavy atom. The lowest BCUT2D eigenvalue weighted by molar-refractivity contribution is -0.0444. The quantitative estimate of drug-likeness (QED) is 0.910. The molecule has 1 N–H and O–H groups in total. The van der Waals surface area contributed by atoms with E-state index in [1.165, 1.54) is 38.5 Å². The molecule has 0 amide bonds. The fourth-order valence-corrected chi connectivity index (χ4v) is 5.41. The minimum Gasteiger partial charge on any atom is -0.368 e. The summed E-state index contributed by atoms with van der Waals surface area (Å²) < 4.78 is 0. The highest BCUT2D eigenvalue weighted by molar-refractivity contribution is 5.51. The Bertz CT molecular complexity index is 522. The van der Waals surface area contributed by atoms with Gasteiger partial charge >= 0.3 is 0 Å². The molecular formula is C17H21N3. The number of nitriles is 1. The van der Waals surface area contributed by atoms with Crippen molar-refractivity contribution in [2.45, 2.75) is 38.5 Å². The summed E-state index contributed by atoms with van der Waals surface area (Å²) in [4.78, 5) is 4.33. The van der Waals surface area contributed by atoms with Crippen LogP contribution in [0.1, 0.15) is 44.1 Å². The number of nitrogens with one attached hydrogen (secondary N) is 1. The Morgan fingerprint density at radius 1 is 1.20 bits per heavy atom. The molecule has 0 spiro atoms. The van der Waals surface area contributed by atoms with Crippen LogP contribution in [0.2, 0.25) is 0 Å². The molecule has 1 aromatic rings. The lowest BCUT2D eigenvalue weighted by Gasteiger charge is -2.57. The Hall–Kier alpha value is -1.56. The number of pyridine rings is 1. The maximum atomic E-state index is 9.15. The van der Waals surface area contributed by atoms with Gasteiger partial charge in [-0.15, -0.1) is 0 Å². The molecule has 0 atom stereocenters. The molecule has 4 bridgehead atoms. The summed E-state index contributed by atoms with van der Waals surface area (Å²) in [5, 5.41) is 12.6. The highest BCUT2D eigenvalue weighted by atomic mass is 15.0. The number of anilines is 1. The second kappa shape index (κ2) is 4.48. The van der Waals surface area contributed by atoms with E-state index in [4.69, 9.17) is 5.26 Å². The number of hydrogen-bond donors (Lipinski definition) is 1. The fourth-order valence-electron chi connectivity index (χ4n) is 5.41. The van der Waals surface area contributed by atoms with Gasteiger partial charge < -0.3 is 5.32 Å². The topological polar surface area (TPSA) is 48.7 Å². The van der Waals surface area contributed by atoms with Crippen molar-refractivity contribution in [3.05, 3.63) is 23.9 Å². The van der Waals surface area contributed by atoms with Crippen molar-refractivity contribution in [3.8, 4) is 6.07 Å². The Labute approximate surface area is 120 Å². The van der Waals surface area contributed by atoms with Gasteiger partial charge in [0.2, 0.25) is 0 Å². The van der Waals surface area contributed by atoms with E-state index in [9.17, 15) is 0 Å². The lowest BCUT2D eigenvalue weighted by atomic mass is 9.49. The predicted molar refractivity (Wildman–Crippen MR) is 78.0 cm³/mol. The van der Waals surface area contributed by atoms with Crippen molar-refractivity contribution in [1.82, 2.24) is 4.98 Å². The molecule has 0 radical (unpaired) electrons. The highest BCUT2D eigenvalue weighted by Gasteiger charge is 2.50. The molecule has 4 aliphatic rings. The summed E-state index contributed by atoms with van der Waals surface area (Å²) in [6.45, 7) is 1.00. The molecule has 3 nitrogen and oxygen atoms in total. The molecule has 0 unspecified atom stereocenters. The van der Waals surface area contributed by atoms with E-state index in [-0.39, 0.29) is 0 Å². The average Bonchev–Trinajstić information content (AvgIpc) is 2.44. The third-order valence-electron chi connectivity index (χ3n) is 5.72. The summed E-state index contributed by atoms with van der Waals surface area (Å²) >= 11 is 0. The summed E-state index contributed by atoms with van der Waals surface area (Å²) in [5.74, 6) is 3.69. The molecule has 4 aliphatic carbocycles. The zero-order valence-corrected chi connectivity index (χ0v) is 11.8. The summed E-state index contributed by atoms with van der Waals surface area (Å²) in [5.41, 5.74) is 1.15. The molecule has 5 rings (SSSR count). The molecule has 4 fully saturated rings. The Balaban J connectivity index is 1.51. The smallest absolute Gasteiger partial charge is 0.143 e. The van der Waals surface area contributed by atoms with Crippen LogP contribution in [0.3, 0.4) is 0 Å². The van der Waals surface area contributed by atoms with Crippen LogP contribution in [0.25, 0.3) is 0 Å². The van der Waals surface area contributed by atoms with Crippen molar-refractivity contribution in [1.29, 1.82) is 5.26 Å². The van der Waals surface area contributed by atoms with E-state index >= 15 is 0 Å². The molecule has 1 aromatic heterocycles. The second-order valence-electron chi connectivity index (χ2n) is 7.28. The SMILES string of the molecule is N#Cc1cccnc1NCC12CC3CC(CC(C3)C1)C2. The van der Waals surface area contributed by atoms with Crippen molar-refractivity contribution in [2.24, 2.45) is 23.2 Å². The van der Waals surface area contributed by atoms with E-state index in [1.54, 1.807) is 6.20 Å². The molecule has 104 valence electrons. The zero-order valence-electron chi connectivity index (χ0n) is 11.8. The van der Waals surface area contributed by atoms with Gasteiger partial charge in [0.1, 0.15) is 11.9 Å². The third-order valence-corrected chi connectivity index (χ3v) is 5.72. The molecule has 3 heteroatoms. The summed E-state index contributed by atoms with van der Waals surface area (Å²) in [7, 11) is 0. The van der Waals surface area contributed by atoms with Crippen LogP contribution in [0.5, 0.6) is 0 Å². The van der Waals surface area contributed by atoms with Crippen LogP contribution < -0.4 is 5.32 Å². The number of nitrogens with zero attached hydrogens (tertiary/aromatic N) is 2. The predicted octanol–water partition coefficient (Wildman–Crippen LogP) is 3.58. The first-order chi connectivity index (χ1) is 9.76. The van der Waals surface area contributed by atoms with Gasteiger partial charge in [-0.1, -0.05) is 0 Å². The zero-order chi connectivity index (χ0) is 13.6. The molecule has 20 heavy (non-hydrogen) atoms. The van der Waals surface area contributed by atoms with Gasteiger partial charge in [0.25, 0.3) is 0 Å². The van der Waals surface area contributed by atoms with Gasteiger partial charge in [-0.05, 0) is 73.8 Å². The van der Waals surface area contributed by atoms with E-state index in [0.717, 1.165) is 30.1 Å². The molecule has 0 aliphatic heterocycles. The van der Waals surface area contributed by atoms with Crippen molar-refractivity contribution >= 4 is 5.82 Å². The molecule has 1 heterocycles. The van der Waals surface area contributed by atoms with E-state index in [2.05, 4.69) is 16.4 Å². The van der Waals surface area contributed by atoms with Crippen LogP contribution in [0.15, 0.2) is 18.3 Å². The number of rotatable bonds is 3. The minimum atomic E-state index is 0.485. The number of hydrogen-bond acceptors (Lipinski definition) is 3. The van der Waals surface area contributed by atoms with Crippen molar-refractivity contribution < 1.29 is 0 Å². The summed E-state index contributed by atoms with van der Waals surface area (Å²) in [6, 6.07) is 5.90. The van der Waals surface area contributed by atoms with E-state index in [1.807, 2.05) is 12.1 Å². The van der Waals surface area contributed by atoms with Crippen LogP contribution in [0, 0.1) is 34.5 Å². The van der Waals surface area contributed by atoms with E-state index in [0.29, 0.717) is 11.0 Å². The van der Waals surface area contributed by atoms with Gasteiger partial charge in [0, 0.05) is 12.7 Å². The average molecular weight is 267 g/mol. The van der Waals surface area contributed by atoms with Crippen LogP contribution in [-0.2, 0) is 0 Å². The molecular weight excluding hydrogens is 246 g/mol. The fraction of sp³-hybridized carbons (Fsp3) is 0.647. The highest BCUT2D eigenvalue weighted by Crippen LogP contribution is 2.59. The maximum Gasteiger partial charge on any atom is 0.143 e. The van der Waals surface area contributed by atoms with Crippen molar-refractivity contribution in [2.75, 3.05) is 11.9 Å². The minimum absolute atomic E-state index is 0.485. The second-order valence-corrected chi connectivity index (χ2v) is 7.28. The maximum absolute atomic E-state index is 9.15. The Morgan fingerprint density at radius 2 is 1.85 bits per heavy atom. The number of aromatic nitrogens is 1. The van der Waals surface area contributed by atoms with Crippen LogP contribution in [-0.4, -0.2) is 11.5 Å². The molecule has 0 aromatic carbocycles. The normalized spacial score (nSPS) is 37.6. The van der Waals surface area contributed by atoms with Gasteiger partial charge in [0.05, 0.1) is 5.56 Å². The first-order valence-corrected chi connectivity index (χ1v) is 7.85. The first-order valence-electron chi connectivity index (χ1n) is 7.85. The van der Waals surface area contributed by atoms with E-state index < -0.39 is 0 Å². The lowest BCUT2D eigenvalue weighted by Crippen LogP contribution is -2.49. The van der Waals surface area contributed by atoms with Crippen molar-refractivity contribution in [3.63, 3.8) is 0 Å². The summed E-state index contributed by atoms with van der Waals surface area (Å²) in [6.07, 6.45) is 10.4. The first kappa shape index (κ1) is 12.2. The standard InChI is InChI=1S/C17H21N3/c18-10-15-2-1-3-19-16(15)20-11-17-7-12-4-13(8-17)6-14(5-12)9-17/h1-3,12-14H,4-9,11H2,(H,19,20). The largest absolute Gasteiger partial charge is 0.368 e. The monoisotopic (exact) mass is 267 g/mol. The van der Waals surface area contributed by atoms with Gasteiger partial charge in [-0.3, -0.25) is 0 Å². The van der Waals surface area contributed by atoms with Crippen LogP contribution >= 0.6 is 0 Å². The molecule has 0 saturated heterocycles. The molecule has 4 saturated carbocycles. The van der Waals surface area contributed by atoms with Crippen LogP contribution in [0.4, 0.5) is 5.82 Å². The van der Waals surface area contributed by atoms with Gasteiger partial charge in [0.15, 0.2) is 0 Å². The third kappa shape index (κ3) is 1.98. The van der Waals surface area contributed by atoms with Gasteiger partial charge in [-0.25, -0.2) is 4.98 Å². The Kier molecular flexibility index (Phi) is 2.73. The van der Waals surface area contributed by atoms with Gasteiger partial charge in [-0.2, -0.15) is 5.26 Å².